The van der Waals surface area contributed by atoms with E-state index in [2.05, 4.69) is 51.8 Å². The molecule has 4 nitrogen and oxygen atoms in total. The van der Waals surface area contributed by atoms with Crippen LogP contribution in [0.15, 0.2) is 35.3 Å². The van der Waals surface area contributed by atoms with Crippen LogP contribution < -0.4 is 15.5 Å². The van der Waals surface area contributed by atoms with Crippen molar-refractivity contribution in [2.24, 2.45) is 4.99 Å². The molecule has 98 valence electrons. The Bertz CT molecular complexity index is 375. The second-order valence-corrected chi connectivity index (χ2v) is 4.55. The lowest BCUT2D eigenvalue weighted by Gasteiger charge is -2.20. The topological polar surface area (TPSA) is 39.7 Å². The zero-order chi connectivity index (χ0) is 12.6. The summed E-state index contributed by atoms with van der Waals surface area (Å²) < 4.78 is 0. The first-order valence-corrected chi connectivity index (χ1v) is 6.64. The molecular weight excluding hydrogens is 224 g/mol. The number of aliphatic imine (C=N–C) groups is 1. The van der Waals surface area contributed by atoms with Crippen LogP contribution >= 0.6 is 0 Å². The number of nitrogens with zero attached hydrogens (tertiary/aromatic N) is 2. The summed E-state index contributed by atoms with van der Waals surface area (Å²) in [5.74, 6) is 0.962. The van der Waals surface area contributed by atoms with E-state index < -0.39 is 0 Å². The lowest BCUT2D eigenvalue weighted by atomic mass is 10.3. The summed E-state index contributed by atoms with van der Waals surface area (Å²) in [5.41, 5.74) is 1.27. The number of hydrogen-bond donors (Lipinski definition) is 2. The van der Waals surface area contributed by atoms with Gasteiger partial charge in [0, 0.05) is 38.9 Å². The van der Waals surface area contributed by atoms with Crippen molar-refractivity contribution in [3.63, 3.8) is 0 Å². The Morgan fingerprint density at radius 1 is 1.33 bits per heavy atom. The van der Waals surface area contributed by atoms with Gasteiger partial charge in [-0.3, -0.25) is 4.99 Å². The fourth-order valence-corrected chi connectivity index (χ4v) is 1.99. The van der Waals surface area contributed by atoms with Gasteiger partial charge in [0.15, 0.2) is 5.96 Å². The van der Waals surface area contributed by atoms with E-state index in [9.17, 15) is 0 Å². The molecule has 0 aromatic heterocycles. The van der Waals surface area contributed by atoms with Crippen LogP contribution in [0.5, 0.6) is 0 Å². The largest absolute Gasteiger partial charge is 0.375 e. The molecule has 1 aliphatic rings. The zero-order valence-electron chi connectivity index (χ0n) is 11.0. The van der Waals surface area contributed by atoms with Crippen molar-refractivity contribution in [3.8, 4) is 0 Å². The van der Waals surface area contributed by atoms with Gasteiger partial charge in [-0.05, 0) is 25.0 Å². The Morgan fingerprint density at radius 3 is 2.89 bits per heavy atom. The molecule has 0 saturated carbocycles. The summed E-state index contributed by atoms with van der Waals surface area (Å²) >= 11 is 0. The first-order valence-electron chi connectivity index (χ1n) is 6.64. The molecule has 1 heterocycles. The molecule has 2 rings (SSSR count). The number of para-hydroxylation sites is 1. The Hall–Kier alpha value is -1.71. The van der Waals surface area contributed by atoms with Crippen molar-refractivity contribution in [2.45, 2.75) is 12.8 Å². The van der Waals surface area contributed by atoms with Gasteiger partial charge in [0.1, 0.15) is 0 Å². The molecule has 0 saturated heterocycles. The fourth-order valence-electron chi connectivity index (χ4n) is 1.99. The summed E-state index contributed by atoms with van der Waals surface area (Å²) in [6.45, 7) is 3.99. The van der Waals surface area contributed by atoms with Crippen LogP contribution in [0.4, 0.5) is 5.69 Å². The smallest absolute Gasteiger partial charge is 0.191 e. The zero-order valence-corrected chi connectivity index (χ0v) is 11.0. The predicted octanol–water partition coefficient (Wildman–Crippen LogP) is 1.45. The molecule has 0 aliphatic carbocycles. The van der Waals surface area contributed by atoms with Crippen LogP contribution in [0.1, 0.15) is 12.8 Å². The molecular formula is C14H22N4. The summed E-state index contributed by atoms with van der Waals surface area (Å²) in [5, 5.41) is 6.60. The Balaban J connectivity index is 1.65. The Kier molecular flexibility index (Phi) is 4.88. The molecule has 1 aromatic rings. The third kappa shape index (κ3) is 3.95. The molecule has 0 amide bonds. The second-order valence-electron chi connectivity index (χ2n) is 4.55. The van der Waals surface area contributed by atoms with Crippen LogP contribution in [-0.4, -0.2) is 39.2 Å². The molecule has 0 radical (unpaired) electrons. The van der Waals surface area contributed by atoms with Gasteiger partial charge in [-0.25, -0.2) is 0 Å². The van der Waals surface area contributed by atoms with E-state index in [0.29, 0.717) is 0 Å². The molecule has 0 fully saturated rings. The van der Waals surface area contributed by atoms with Crippen LogP contribution in [0, 0.1) is 0 Å². The van der Waals surface area contributed by atoms with Gasteiger partial charge in [0.05, 0.1) is 0 Å². The van der Waals surface area contributed by atoms with E-state index in [-0.39, 0.29) is 0 Å². The average molecular weight is 246 g/mol. The summed E-state index contributed by atoms with van der Waals surface area (Å²) in [7, 11) is 2.13. The van der Waals surface area contributed by atoms with Gasteiger partial charge in [-0.2, -0.15) is 0 Å². The van der Waals surface area contributed by atoms with Crippen molar-refractivity contribution in [1.82, 2.24) is 10.6 Å². The van der Waals surface area contributed by atoms with Gasteiger partial charge in [0.2, 0.25) is 0 Å². The number of rotatable bonds is 5. The van der Waals surface area contributed by atoms with Crippen molar-refractivity contribution >= 4 is 11.6 Å². The van der Waals surface area contributed by atoms with E-state index in [1.54, 1.807) is 0 Å². The van der Waals surface area contributed by atoms with E-state index >= 15 is 0 Å². The van der Waals surface area contributed by atoms with Crippen molar-refractivity contribution in [2.75, 3.05) is 38.1 Å². The van der Waals surface area contributed by atoms with E-state index in [0.717, 1.165) is 45.0 Å². The standard InChI is InChI=1S/C14H22N4/c1-18(13-7-3-2-4-8-13)12-6-11-17-14-15-9-5-10-16-14/h2-4,7-8H,5-6,9-12H2,1H3,(H2,15,16,17). The SMILES string of the molecule is CN(CCCNC1=NCCCN1)c1ccccc1. The maximum Gasteiger partial charge on any atom is 0.191 e. The normalized spacial score (nSPS) is 14.6. The molecule has 1 aromatic carbocycles. The third-order valence-corrected chi connectivity index (χ3v) is 3.06. The van der Waals surface area contributed by atoms with E-state index in [1.807, 2.05) is 6.07 Å². The van der Waals surface area contributed by atoms with Crippen LogP contribution in [0.3, 0.4) is 0 Å². The molecule has 2 N–H and O–H groups in total. The quantitative estimate of drug-likeness (QED) is 0.773. The lowest BCUT2D eigenvalue weighted by molar-refractivity contribution is 0.683. The summed E-state index contributed by atoms with van der Waals surface area (Å²) in [4.78, 5) is 6.66. The number of anilines is 1. The highest BCUT2D eigenvalue weighted by atomic mass is 15.2. The minimum atomic E-state index is 0.944. The highest BCUT2D eigenvalue weighted by Gasteiger charge is 2.03. The first kappa shape index (κ1) is 12.7. The summed E-state index contributed by atoms with van der Waals surface area (Å²) in [6.07, 6.45) is 2.24. The second kappa shape index (κ2) is 6.89. The average Bonchev–Trinajstić information content (AvgIpc) is 2.45. The molecule has 1 aliphatic heterocycles. The van der Waals surface area contributed by atoms with Crippen molar-refractivity contribution in [3.05, 3.63) is 30.3 Å². The third-order valence-electron chi connectivity index (χ3n) is 3.06. The first-order chi connectivity index (χ1) is 8.86. The number of guanidine groups is 1. The Morgan fingerprint density at radius 2 is 2.17 bits per heavy atom. The monoisotopic (exact) mass is 246 g/mol. The minimum Gasteiger partial charge on any atom is -0.375 e. The maximum absolute atomic E-state index is 4.39. The van der Waals surface area contributed by atoms with Gasteiger partial charge >= 0.3 is 0 Å². The molecule has 0 spiro atoms. The van der Waals surface area contributed by atoms with Gasteiger partial charge < -0.3 is 15.5 Å². The van der Waals surface area contributed by atoms with Gasteiger partial charge in [-0.15, -0.1) is 0 Å². The van der Waals surface area contributed by atoms with E-state index in [4.69, 9.17) is 0 Å². The van der Waals surface area contributed by atoms with Crippen LogP contribution in [0.25, 0.3) is 0 Å². The van der Waals surface area contributed by atoms with Crippen molar-refractivity contribution < 1.29 is 0 Å². The highest BCUT2D eigenvalue weighted by Crippen LogP contribution is 2.10. The molecule has 0 bridgehead atoms. The molecule has 0 unspecified atom stereocenters. The number of nitrogens with one attached hydrogen (secondary N) is 2. The molecule has 18 heavy (non-hydrogen) atoms. The maximum atomic E-state index is 4.39. The van der Waals surface area contributed by atoms with Crippen LogP contribution in [0.2, 0.25) is 0 Å². The predicted molar refractivity (Wildman–Crippen MR) is 77.3 cm³/mol. The number of hydrogen-bond acceptors (Lipinski definition) is 4. The number of benzene rings is 1. The summed E-state index contributed by atoms with van der Waals surface area (Å²) in [6, 6.07) is 10.5. The van der Waals surface area contributed by atoms with Crippen molar-refractivity contribution in [1.29, 1.82) is 0 Å². The highest BCUT2D eigenvalue weighted by molar-refractivity contribution is 5.80. The fraction of sp³-hybridized carbons (Fsp3) is 0.500. The molecule has 4 heteroatoms. The van der Waals surface area contributed by atoms with Gasteiger partial charge in [0.25, 0.3) is 0 Å². The van der Waals surface area contributed by atoms with E-state index in [1.165, 1.54) is 5.69 Å². The lowest BCUT2D eigenvalue weighted by Crippen LogP contribution is -2.41. The Labute approximate surface area is 109 Å². The van der Waals surface area contributed by atoms with Gasteiger partial charge in [-0.1, -0.05) is 18.2 Å². The molecule has 0 atom stereocenters. The van der Waals surface area contributed by atoms with Crippen LogP contribution in [-0.2, 0) is 0 Å². The minimum absolute atomic E-state index is 0.944.